The summed E-state index contributed by atoms with van der Waals surface area (Å²) < 4.78 is 0. The van der Waals surface area contributed by atoms with Crippen LogP contribution in [0.3, 0.4) is 0 Å². The van der Waals surface area contributed by atoms with E-state index in [2.05, 4.69) is 11.1 Å². The molecule has 1 aromatic heterocycles. The van der Waals surface area contributed by atoms with Crippen molar-refractivity contribution in [2.24, 2.45) is 0 Å². The van der Waals surface area contributed by atoms with Crippen LogP contribution in [0, 0.1) is 6.92 Å². The third-order valence-electron chi connectivity index (χ3n) is 1.72. The summed E-state index contributed by atoms with van der Waals surface area (Å²) in [6.07, 6.45) is 3.65. The Morgan fingerprint density at radius 3 is 3.00 bits per heavy atom. The number of alkyl halides is 1. The van der Waals surface area contributed by atoms with Gasteiger partial charge in [-0.2, -0.15) is 0 Å². The van der Waals surface area contributed by atoms with Gasteiger partial charge >= 0.3 is 0 Å². The zero-order chi connectivity index (χ0) is 8.97. The second-order valence-corrected chi connectivity index (χ2v) is 3.23. The number of nitrogens with two attached hydrogens (primary N) is 1. The number of aromatic nitrogens is 1. The van der Waals surface area contributed by atoms with Crippen molar-refractivity contribution in [1.82, 2.24) is 4.98 Å². The van der Waals surface area contributed by atoms with Crippen molar-refractivity contribution in [3.63, 3.8) is 0 Å². The number of anilines is 1. The van der Waals surface area contributed by atoms with Gasteiger partial charge in [-0.05, 0) is 30.9 Å². The monoisotopic (exact) mass is 184 g/mol. The average molecular weight is 185 g/mol. The van der Waals surface area contributed by atoms with Gasteiger partial charge in [-0.3, -0.25) is 0 Å². The molecule has 0 aliphatic heterocycles. The lowest BCUT2D eigenvalue weighted by Gasteiger charge is -2.03. The summed E-state index contributed by atoms with van der Waals surface area (Å²) in [6, 6.07) is 2.06. The van der Waals surface area contributed by atoms with Gasteiger partial charge in [0.05, 0.1) is 0 Å². The van der Waals surface area contributed by atoms with Crippen LogP contribution in [0.25, 0.3) is 0 Å². The number of halogens is 1. The minimum absolute atomic E-state index is 0.630. The summed E-state index contributed by atoms with van der Waals surface area (Å²) >= 11 is 5.58. The first-order valence-corrected chi connectivity index (χ1v) is 4.54. The SMILES string of the molecule is Cc1cnc(N)c(CCCCl)c1. The summed E-state index contributed by atoms with van der Waals surface area (Å²) in [6.45, 7) is 2.01. The highest BCUT2D eigenvalue weighted by Crippen LogP contribution is 2.12. The zero-order valence-corrected chi connectivity index (χ0v) is 7.93. The Bertz CT molecular complexity index is 261. The topological polar surface area (TPSA) is 38.9 Å². The van der Waals surface area contributed by atoms with E-state index in [1.54, 1.807) is 6.20 Å². The van der Waals surface area contributed by atoms with Crippen LogP contribution in [0.2, 0.25) is 0 Å². The summed E-state index contributed by atoms with van der Waals surface area (Å²) in [4.78, 5) is 4.07. The van der Waals surface area contributed by atoms with Crippen molar-refractivity contribution in [2.45, 2.75) is 19.8 Å². The van der Waals surface area contributed by atoms with Gasteiger partial charge in [0.15, 0.2) is 0 Å². The van der Waals surface area contributed by atoms with E-state index in [9.17, 15) is 0 Å². The molecule has 0 atom stereocenters. The fourth-order valence-electron chi connectivity index (χ4n) is 1.10. The van der Waals surface area contributed by atoms with Crippen molar-refractivity contribution in [3.8, 4) is 0 Å². The molecule has 66 valence electrons. The van der Waals surface area contributed by atoms with Gasteiger partial charge in [0, 0.05) is 12.1 Å². The molecule has 0 unspecified atom stereocenters. The van der Waals surface area contributed by atoms with E-state index < -0.39 is 0 Å². The van der Waals surface area contributed by atoms with Crippen LogP contribution in [-0.2, 0) is 6.42 Å². The third kappa shape index (κ3) is 2.38. The van der Waals surface area contributed by atoms with Crippen molar-refractivity contribution in [1.29, 1.82) is 0 Å². The second kappa shape index (κ2) is 4.31. The van der Waals surface area contributed by atoms with E-state index in [-0.39, 0.29) is 0 Å². The molecule has 1 aromatic rings. The predicted molar refractivity (Wildman–Crippen MR) is 52.4 cm³/mol. The molecule has 0 bridgehead atoms. The van der Waals surface area contributed by atoms with Crippen LogP contribution in [0.4, 0.5) is 5.82 Å². The highest BCUT2D eigenvalue weighted by Gasteiger charge is 1.99. The Kier molecular flexibility index (Phi) is 3.35. The second-order valence-electron chi connectivity index (χ2n) is 2.85. The zero-order valence-electron chi connectivity index (χ0n) is 7.18. The van der Waals surface area contributed by atoms with Crippen molar-refractivity contribution >= 4 is 17.4 Å². The number of aryl methyl sites for hydroxylation is 2. The number of rotatable bonds is 3. The standard InChI is InChI=1S/C9H13ClN2/c1-7-5-8(3-2-4-10)9(11)12-6-7/h5-6H,2-4H2,1H3,(H2,11,12). The largest absolute Gasteiger partial charge is 0.383 e. The molecule has 2 N–H and O–H groups in total. The molecule has 1 rings (SSSR count). The molecule has 2 nitrogen and oxygen atoms in total. The lowest BCUT2D eigenvalue weighted by Crippen LogP contribution is -1.98. The number of nitrogen functional groups attached to an aromatic ring is 1. The van der Waals surface area contributed by atoms with Crippen molar-refractivity contribution in [2.75, 3.05) is 11.6 Å². The van der Waals surface area contributed by atoms with Crippen LogP contribution in [-0.4, -0.2) is 10.9 Å². The van der Waals surface area contributed by atoms with E-state index in [0.717, 1.165) is 24.0 Å². The Labute approximate surface area is 77.8 Å². The Morgan fingerprint density at radius 2 is 2.33 bits per heavy atom. The minimum Gasteiger partial charge on any atom is -0.383 e. The van der Waals surface area contributed by atoms with E-state index >= 15 is 0 Å². The molecule has 0 fully saturated rings. The maximum Gasteiger partial charge on any atom is 0.126 e. The highest BCUT2D eigenvalue weighted by molar-refractivity contribution is 6.17. The molecule has 12 heavy (non-hydrogen) atoms. The van der Waals surface area contributed by atoms with Crippen molar-refractivity contribution in [3.05, 3.63) is 23.4 Å². The number of pyridine rings is 1. The fraction of sp³-hybridized carbons (Fsp3) is 0.444. The Balaban J connectivity index is 2.75. The van der Waals surface area contributed by atoms with Gasteiger partial charge in [-0.25, -0.2) is 4.98 Å². The van der Waals surface area contributed by atoms with Crippen molar-refractivity contribution < 1.29 is 0 Å². The first-order chi connectivity index (χ1) is 5.74. The van der Waals surface area contributed by atoms with Gasteiger partial charge in [-0.15, -0.1) is 11.6 Å². The smallest absolute Gasteiger partial charge is 0.126 e. The van der Waals surface area contributed by atoms with E-state index in [4.69, 9.17) is 17.3 Å². The molecule has 0 amide bonds. The Morgan fingerprint density at radius 1 is 1.58 bits per heavy atom. The normalized spacial score (nSPS) is 10.2. The van der Waals surface area contributed by atoms with Crippen LogP contribution in [0.15, 0.2) is 12.3 Å². The average Bonchev–Trinajstić information content (AvgIpc) is 2.07. The molecular formula is C9H13ClN2. The van der Waals surface area contributed by atoms with Crippen LogP contribution in [0.5, 0.6) is 0 Å². The number of hydrogen-bond acceptors (Lipinski definition) is 2. The molecule has 0 aliphatic carbocycles. The predicted octanol–water partition coefficient (Wildman–Crippen LogP) is 2.14. The minimum atomic E-state index is 0.630. The molecule has 0 aliphatic rings. The summed E-state index contributed by atoms with van der Waals surface area (Å²) in [5.74, 6) is 1.30. The third-order valence-corrected chi connectivity index (χ3v) is 1.99. The van der Waals surface area contributed by atoms with E-state index in [1.807, 2.05) is 6.92 Å². The lowest BCUT2D eigenvalue weighted by atomic mass is 10.1. The van der Waals surface area contributed by atoms with Gasteiger partial charge in [0.25, 0.3) is 0 Å². The first-order valence-electron chi connectivity index (χ1n) is 4.01. The van der Waals surface area contributed by atoms with Gasteiger partial charge in [0.1, 0.15) is 5.82 Å². The quantitative estimate of drug-likeness (QED) is 0.732. The molecule has 0 saturated heterocycles. The molecule has 3 heteroatoms. The van der Waals surface area contributed by atoms with Crippen LogP contribution in [0.1, 0.15) is 17.5 Å². The van der Waals surface area contributed by atoms with Gasteiger partial charge in [0.2, 0.25) is 0 Å². The first kappa shape index (κ1) is 9.33. The van der Waals surface area contributed by atoms with Crippen LogP contribution < -0.4 is 5.73 Å². The lowest BCUT2D eigenvalue weighted by molar-refractivity contribution is 0.922. The van der Waals surface area contributed by atoms with Gasteiger partial charge in [-0.1, -0.05) is 6.07 Å². The van der Waals surface area contributed by atoms with Gasteiger partial charge < -0.3 is 5.73 Å². The summed E-state index contributed by atoms with van der Waals surface area (Å²) in [5.41, 5.74) is 7.93. The Hall–Kier alpha value is -0.760. The molecule has 1 heterocycles. The molecule has 0 aromatic carbocycles. The summed E-state index contributed by atoms with van der Waals surface area (Å²) in [7, 11) is 0. The highest BCUT2D eigenvalue weighted by atomic mass is 35.5. The number of nitrogens with zero attached hydrogens (tertiary/aromatic N) is 1. The molecule has 0 spiro atoms. The summed E-state index contributed by atoms with van der Waals surface area (Å²) in [5, 5.41) is 0. The molecule has 0 saturated carbocycles. The molecular weight excluding hydrogens is 172 g/mol. The van der Waals surface area contributed by atoms with E-state index in [1.165, 1.54) is 0 Å². The van der Waals surface area contributed by atoms with E-state index in [0.29, 0.717) is 11.7 Å². The maximum atomic E-state index is 5.68. The fourth-order valence-corrected chi connectivity index (χ4v) is 1.23. The number of hydrogen-bond donors (Lipinski definition) is 1. The maximum absolute atomic E-state index is 5.68. The molecule has 0 radical (unpaired) electrons. The van der Waals surface area contributed by atoms with Crippen LogP contribution >= 0.6 is 11.6 Å².